The van der Waals surface area contributed by atoms with E-state index in [-0.39, 0.29) is 19.7 Å². The van der Waals surface area contributed by atoms with Crippen LogP contribution in [0.25, 0.3) is 0 Å². The minimum Gasteiger partial charge on any atom is -0.465 e. The Balaban J connectivity index is 1.77. The Morgan fingerprint density at radius 1 is 1.09 bits per heavy atom. The molecular formula is C24H26N4O4. The fraction of sp³-hybridized carbons (Fsp3) is 0.250. The van der Waals surface area contributed by atoms with Crippen molar-refractivity contribution < 1.29 is 19.1 Å². The number of benzene rings is 1. The number of amides is 2. The van der Waals surface area contributed by atoms with E-state index in [9.17, 15) is 9.59 Å². The van der Waals surface area contributed by atoms with Gasteiger partial charge in [-0.2, -0.15) is 0 Å². The molecule has 2 aromatic heterocycles. The van der Waals surface area contributed by atoms with Crippen LogP contribution in [0.5, 0.6) is 11.6 Å². The molecule has 8 heteroatoms. The number of rotatable bonds is 8. The molecule has 8 nitrogen and oxygen atoms in total. The maximum absolute atomic E-state index is 12.8. The third-order valence-electron chi connectivity index (χ3n) is 4.58. The third-order valence-corrected chi connectivity index (χ3v) is 4.58. The molecule has 0 unspecified atom stereocenters. The van der Waals surface area contributed by atoms with Crippen molar-refractivity contribution in [2.75, 3.05) is 18.1 Å². The highest BCUT2D eigenvalue weighted by molar-refractivity contribution is 5.93. The minimum absolute atomic E-state index is 0.225. The average molecular weight is 434 g/mol. The number of nitrogens with one attached hydrogen (secondary N) is 1. The van der Waals surface area contributed by atoms with Crippen LogP contribution >= 0.6 is 0 Å². The van der Waals surface area contributed by atoms with Crippen molar-refractivity contribution in [1.29, 1.82) is 0 Å². The Morgan fingerprint density at radius 3 is 2.59 bits per heavy atom. The van der Waals surface area contributed by atoms with Gasteiger partial charge in [0, 0.05) is 18.5 Å². The first-order valence-electron chi connectivity index (χ1n) is 10.3. The number of anilines is 1. The highest BCUT2D eigenvalue weighted by Gasteiger charge is 2.18. The van der Waals surface area contributed by atoms with E-state index in [4.69, 9.17) is 9.47 Å². The van der Waals surface area contributed by atoms with Gasteiger partial charge in [0.15, 0.2) is 0 Å². The zero-order valence-corrected chi connectivity index (χ0v) is 18.4. The maximum atomic E-state index is 12.8. The molecule has 3 aromatic rings. The quantitative estimate of drug-likeness (QED) is 0.535. The molecular weight excluding hydrogens is 408 g/mol. The molecule has 0 aliphatic heterocycles. The van der Waals surface area contributed by atoms with Crippen molar-refractivity contribution in [3.8, 4) is 11.6 Å². The van der Waals surface area contributed by atoms with Crippen molar-refractivity contribution in [1.82, 2.24) is 15.3 Å². The Bertz CT molecular complexity index is 1060. The van der Waals surface area contributed by atoms with Crippen molar-refractivity contribution in [3.05, 3.63) is 77.7 Å². The number of hydrogen-bond donors (Lipinski definition) is 1. The summed E-state index contributed by atoms with van der Waals surface area (Å²) < 4.78 is 10.8. The number of nitrogens with zero attached hydrogens (tertiary/aromatic N) is 3. The summed E-state index contributed by atoms with van der Waals surface area (Å²) in [6.45, 7) is 5.98. The smallest absolute Gasteiger partial charge is 0.325 e. The van der Waals surface area contributed by atoms with Gasteiger partial charge < -0.3 is 14.8 Å². The van der Waals surface area contributed by atoms with Crippen LogP contribution in [0.15, 0.2) is 61.1 Å². The Hall–Kier alpha value is -3.94. The summed E-state index contributed by atoms with van der Waals surface area (Å²) in [6, 6.07) is 12.6. The number of carbonyl (C=O) groups excluding carboxylic acids is 2. The predicted molar refractivity (Wildman–Crippen MR) is 121 cm³/mol. The molecule has 3 rings (SSSR count). The molecule has 2 heterocycles. The monoisotopic (exact) mass is 434 g/mol. The summed E-state index contributed by atoms with van der Waals surface area (Å²) in [6.07, 6.45) is 4.89. The standard InChI is InChI=1S/C24H26N4O4/c1-4-31-23(29)15-27-24(30)28(16-19-6-5-11-25-13-19)20-8-10-22(26-14-20)32-21-9-7-17(2)12-18(21)3/h5-14H,4,15-16H2,1-3H3,(H,27,30). The molecule has 0 aliphatic rings. The largest absolute Gasteiger partial charge is 0.465 e. The highest BCUT2D eigenvalue weighted by atomic mass is 16.5. The molecule has 0 saturated heterocycles. The van der Waals surface area contributed by atoms with Crippen molar-refractivity contribution in [2.45, 2.75) is 27.3 Å². The van der Waals surface area contributed by atoms with Crippen LogP contribution < -0.4 is 15.0 Å². The third kappa shape index (κ3) is 6.28. The van der Waals surface area contributed by atoms with Gasteiger partial charge in [0.25, 0.3) is 0 Å². The highest BCUT2D eigenvalue weighted by Crippen LogP contribution is 2.26. The van der Waals surface area contributed by atoms with Gasteiger partial charge in [-0.05, 0) is 50.1 Å². The predicted octanol–water partition coefficient (Wildman–Crippen LogP) is 4.17. The summed E-state index contributed by atoms with van der Waals surface area (Å²) in [5.41, 5.74) is 3.53. The fourth-order valence-electron chi connectivity index (χ4n) is 3.03. The average Bonchev–Trinajstić information content (AvgIpc) is 2.79. The summed E-state index contributed by atoms with van der Waals surface area (Å²) in [5, 5.41) is 2.59. The molecule has 0 fully saturated rings. The van der Waals surface area contributed by atoms with Gasteiger partial charge in [-0.15, -0.1) is 0 Å². The summed E-state index contributed by atoms with van der Waals surface area (Å²) in [5.74, 6) is 0.627. The van der Waals surface area contributed by atoms with Gasteiger partial charge in [-0.3, -0.25) is 14.7 Å². The number of aryl methyl sites for hydroxylation is 2. The number of pyridine rings is 2. The molecule has 2 amide bonds. The SMILES string of the molecule is CCOC(=O)CNC(=O)N(Cc1cccnc1)c1ccc(Oc2ccc(C)cc2C)nc1. The van der Waals surface area contributed by atoms with E-state index in [1.54, 1.807) is 43.7 Å². The lowest BCUT2D eigenvalue weighted by Gasteiger charge is -2.23. The van der Waals surface area contributed by atoms with E-state index >= 15 is 0 Å². The van der Waals surface area contributed by atoms with Crippen LogP contribution in [0, 0.1) is 13.8 Å². The van der Waals surface area contributed by atoms with Crippen LogP contribution in [0.2, 0.25) is 0 Å². The lowest BCUT2D eigenvalue weighted by Crippen LogP contribution is -2.42. The Morgan fingerprint density at radius 2 is 1.94 bits per heavy atom. The number of ether oxygens (including phenoxy) is 2. The molecule has 1 aromatic carbocycles. The topological polar surface area (TPSA) is 93.7 Å². The van der Waals surface area contributed by atoms with Gasteiger partial charge in [0.05, 0.1) is 25.0 Å². The first kappa shape index (κ1) is 22.7. The van der Waals surface area contributed by atoms with Crippen molar-refractivity contribution in [2.24, 2.45) is 0 Å². The molecule has 0 aliphatic carbocycles. The van der Waals surface area contributed by atoms with E-state index < -0.39 is 12.0 Å². The van der Waals surface area contributed by atoms with Gasteiger partial charge >= 0.3 is 12.0 Å². The molecule has 166 valence electrons. The number of urea groups is 1. The van der Waals surface area contributed by atoms with Gasteiger partial charge in [-0.25, -0.2) is 9.78 Å². The maximum Gasteiger partial charge on any atom is 0.325 e. The molecule has 0 spiro atoms. The Kier molecular flexibility index (Phi) is 7.75. The number of aromatic nitrogens is 2. The van der Waals surface area contributed by atoms with Crippen LogP contribution in [-0.2, 0) is 16.1 Å². The van der Waals surface area contributed by atoms with Crippen LogP contribution in [0.4, 0.5) is 10.5 Å². The lowest BCUT2D eigenvalue weighted by atomic mass is 10.1. The molecule has 32 heavy (non-hydrogen) atoms. The number of hydrogen-bond acceptors (Lipinski definition) is 6. The second-order valence-corrected chi connectivity index (χ2v) is 7.14. The fourth-order valence-corrected chi connectivity index (χ4v) is 3.03. The lowest BCUT2D eigenvalue weighted by molar-refractivity contribution is -0.141. The second kappa shape index (κ2) is 10.9. The van der Waals surface area contributed by atoms with E-state index in [0.29, 0.717) is 11.6 Å². The van der Waals surface area contributed by atoms with Gasteiger partial charge in [-0.1, -0.05) is 23.8 Å². The van der Waals surface area contributed by atoms with E-state index in [1.165, 1.54) is 4.90 Å². The molecule has 0 bridgehead atoms. The van der Waals surface area contributed by atoms with Crippen molar-refractivity contribution >= 4 is 17.7 Å². The molecule has 0 atom stereocenters. The summed E-state index contributed by atoms with van der Waals surface area (Å²) in [4.78, 5) is 34.4. The second-order valence-electron chi connectivity index (χ2n) is 7.14. The minimum atomic E-state index is -0.502. The molecule has 0 radical (unpaired) electrons. The first-order chi connectivity index (χ1) is 15.5. The Labute approximate surface area is 187 Å². The first-order valence-corrected chi connectivity index (χ1v) is 10.3. The zero-order chi connectivity index (χ0) is 22.9. The van der Waals surface area contributed by atoms with E-state index in [0.717, 1.165) is 22.4 Å². The van der Waals surface area contributed by atoms with Crippen LogP contribution in [0.1, 0.15) is 23.6 Å². The van der Waals surface area contributed by atoms with Gasteiger partial charge in [0.1, 0.15) is 12.3 Å². The zero-order valence-electron chi connectivity index (χ0n) is 18.4. The molecule has 1 N–H and O–H groups in total. The van der Waals surface area contributed by atoms with Gasteiger partial charge in [0.2, 0.25) is 5.88 Å². The normalized spacial score (nSPS) is 10.3. The number of esters is 1. The van der Waals surface area contributed by atoms with Crippen LogP contribution in [-0.4, -0.2) is 35.1 Å². The van der Waals surface area contributed by atoms with Crippen LogP contribution in [0.3, 0.4) is 0 Å². The summed E-state index contributed by atoms with van der Waals surface area (Å²) in [7, 11) is 0. The van der Waals surface area contributed by atoms with E-state index in [2.05, 4.69) is 15.3 Å². The van der Waals surface area contributed by atoms with Crippen molar-refractivity contribution in [3.63, 3.8) is 0 Å². The van der Waals surface area contributed by atoms with E-state index in [1.807, 2.05) is 38.1 Å². The molecule has 0 saturated carbocycles. The summed E-state index contributed by atoms with van der Waals surface area (Å²) >= 11 is 0. The number of carbonyl (C=O) groups is 2.